The zero-order chi connectivity index (χ0) is 17.2. The van der Waals surface area contributed by atoms with Crippen LogP contribution in [0.2, 0.25) is 0 Å². The van der Waals surface area contributed by atoms with Crippen LogP contribution < -0.4 is 0 Å². The smallest absolute Gasteiger partial charge is 0.214 e. The molecule has 1 rings (SSSR count). The fraction of sp³-hybridized carbons (Fsp3) is 0.500. The van der Waals surface area contributed by atoms with Gasteiger partial charge in [0.1, 0.15) is 0 Å². The van der Waals surface area contributed by atoms with Crippen molar-refractivity contribution in [1.82, 2.24) is 0 Å². The number of alkyl halides is 6. The molecule has 21 heavy (non-hydrogen) atoms. The van der Waals surface area contributed by atoms with Crippen molar-refractivity contribution in [2.24, 2.45) is 0 Å². The minimum atomic E-state index is -4.98. The number of rotatable bonds is 0. The normalized spacial score (nSPS) is 8.76. The molecule has 0 aliphatic rings. The van der Waals surface area contributed by atoms with Gasteiger partial charge in [0.25, 0.3) is 0 Å². The molecule has 1 radical (unpaired) electrons. The summed E-state index contributed by atoms with van der Waals surface area (Å²) < 4.78 is 65.4. The largest absolute Gasteiger partial charge is 4.00 e. The van der Waals surface area contributed by atoms with E-state index in [4.69, 9.17) is 17.2 Å². The van der Waals surface area contributed by atoms with Crippen molar-refractivity contribution >= 4 is 15.4 Å². The van der Waals surface area contributed by atoms with Gasteiger partial charge in [0, 0.05) is 0 Å². The Morgan fingerprint density at radius 1 is 0.714 bits per heavy atom. The summed E-state index contributed by atoms with van der Waals surface area (Å²) in [6, 6.07) is 10.0. The Morgan fingerprint density at radius 3 is 1.00 bits per heavy atom. The molecule has 0 bridgehead atoms. The predicted octanol–water partition coefficient (Wildman–Crippen LogP) is 4.87. The SMILES string of the molecule is C[NH-].C[NH-].C[NH-].F[C](F)(F)[GeH][C](F)(F)F.[Zr+4].c1cc[cH-]c1. The van der Waals surface area contributed by atoms with E-state index in [1.807, 2.05) is 30.3 Å². The van der Waals surface area contributed by atoms with Gasteiger partial charge in [-0.25, -0.2) is 12.1 Å². The molecule has 1 aromatic carbocycles. The molecule has 0 aromatic heterocycles. The van der Waals surface area contributed by atoms with Crippen LogP contribution in [0.15, 0.2) is 30.3 Å². The summed E-state index contributed by atoms with van der Waals surface area (Å²) in [5, 5.41) is -9.97. The maximum atomic E-state index is 10.9. The maximum Gasteiger partial charge on any atom is 4.00 e. The van der Waals surface area contributed by atoms with E-state index in [2.05, 4.69) is 0 Å². The molecule has 123 valence electrons. The maximum absolute atomic E-state index is 10.9. The first-order valence-corrected chi connectivity index (χ1v) is 7.30. The third-order valence-electron chi connectivity index (χ3n) is 0.883. The van der Waals surface area contributed by atoms with Crippen molar-refractivity contribution in [2.45, 2.75) is 10.0 Å². The van der Waals surface area contributed by atoms with Crippen LogP contribution in [0.1, 0.15) is 0 Å². The molecule has 0 aliphatic carbocycles. The first kappa shape index (κ1) is 33.0. The van der Waals surface area contributed by atoms with Crippen molar-refractivity contribution in [1.29, 1.82) is 0 Å². The second-order valence-electron chi connectivity index (χ2n) is 2.19. The number of nitrogens with one attached hydrogen (secondary N) is 3. The molecule has 0 heterocycles. The van der Waals surface area contributed by atoms with Crippen LogP contribution in [0.25, 0.3) is 17.2 Å². The van der Waals surface area contributed by atoms with Gasteiger partial charge >= 0.3 is 78.0 Å². The van der Waals surface area contributed by atoms with Crippen LogP contribution in [-0.2, 0) is 26.2 Å². The van der Waals surface area contributed by atoms with Gasteiger partial charge in [-0.05, 0) is 0 Å². The summed E-state index contributed by atoms with van der Waals surface area (Å²) in [6.45, 7) is 0. The van der Waals surface area contributed by atoms with E-state index in [0.29, 0.717) is 0 Å². The van der Waals surface area contributed by atoms with Gasteiger partial charge in [0.05, 0.1) is 0 Å². The first-order valence-electron chi connectivity index (χ1n) is 4.88. The summed E-state index contributed by atoms with van der Waals surface area (Å²) in [5.41, 5.74) is 17.2. The van der Waals surface area contributed by atoms with Crippen molar-refractivity contribution in [2.75, 3.05) is 21.1 Å². The molecule has 0 spiro atoms. The molecule has 3 nitrogen and oxygen atoms in total. The topological polar surface area (TPSA) is 71.4 Å². The fourth-order valence-electron chi connectivity index (χ4n) is 0.506. The van der Waals surface area contributed by atoms with Crippen molar-refractivity contribution in [3.63, 3.8) is 0 Å². The van der Waals surface area contributed by atoms with Crippen LogP contribution in [0.4, 0.5) is 26.3 Å². The van der Waals surface area contributed by atoms with E-state index in [-0.39, 0.29) is 26.2 Å². The zero-order valence-electron chi connectivity index (χ0n) is 11.7. The van der Waals surface area contributed by atoms with Gasteiger partial charge in [-0.15, -0.1) is 0 Å². The Labute approximate surface area is 146 Å². The van der Waals surface area contributed by atoms with Crippen LogP contribution >= 0.6 is 0 Å². The molecule has 1 aromatic rings. The number of hydrogen-bond acceptors (Lipinski definition) is 0. The number of hydrogen-bond donors (Lipinski definition) is 0. The van der Waals surface area contributed by atoms with Crippen LogP contribution in [-0.4, -0.2) is 46.6 Å². The van der Waals surface area contributed by atoms with Gasteiger partial charge in [-0.2, -0.15) is 39.3 Å². The fourth-order valence-corrected chi connectivity index (χ4v) is 1.29. The Bertz CT molecular complexity index is 213. The molecular formula is C10H18F6GeN3Zr. The quantitative estimate of drug-likeness (QED) is 0.303. The molecular weight excluding hydrogens is 440 g/mol. The molecule has 0 atom stereocenters. The Hall–Kier alpha value is 0.236. The van der Waals surface area contributed by atoms with Gasteiger partial charge in [0.2, 0.25) is 0 Å². The van der Waals surface area contributed by atoms with Gasteiger partial charge in [0.15, 0.2) is 0 Å². The molecule has 0 fully saturated rings. The molecule has 0 amide bonds. The summed E-state index contributed by atoms with van der Waals surface area (Å²) in [6.07, 6.45) is 0. The monoisotopic (exact) mass is 458 g/mol. The average Bonchev–Trinajstić information content (AvgIpc) is 2.91. The van der Waals surface area contributed by atoms with Gasteiger partial charge < -0.3 is 17.2 Å². The predicted molar refractivity (Wildman–Crippen MR) is 72.0 cm³/mol. The summed E-state index contributed by atoms with van der Waals surface area (Å²) >= 11 is -4.06. The standard InChI is InChI=1S/C5H5.C2HF6Ge.3CH4N.Zr/c1-2-4-5-3-1;3-1(4,5)9-2(6,7)8;3*1-2;/h1-5H;9H;3*2H,1H3;/q-1;;3*-1;+4. The summed E-state index contributed by atoms with van der Waals surface area (Å²) in [4.78, 5) is 0. The molecule has 0 saturated carbocycles. The van der Waals surface area contributed by atoms with Crippen molar-refractivity contribution in [3.05, 3.63) is 47.5 Å². The zero-order valence-corrected chi connectivity index (χ0v) is 16.6. The summed E-state index contributed by atoms with van der Waals surface area (Å²) in [5.74, 6) is 0. The Kier molecular flexibility index (Phi) is 35.4. The van der Waals surface area contributed by atoms with Gasteiger partial charge in [-0.1, -0.05) is 0 Å². The van der Waals surface area contributed by atoms with E-state index in [9.17, 15) is 26.3 Å². The first-order chi connectivity index (χ1) is 9.21. The second-order valence-corrected chi connectivity index (χ2v) is 5.54. The third-order valence-corrected chi connectivity index (χ3v) is 2.26. The van der Waals surface area contributed by atoms with Crippen LogP contribution in [0, 0.1) is 0 Å². The minimum Gasteiger partial charge on any atom is -0.214 e. The van der Waals surface area contributed by atoms with E-state index in [0.717, 1.165) is 0 Å². The Morgan fingerprint density at radius 2 is 0.952 bits per heavy atom. The molecule has 0 saturated heterocycles. The van der Waals surface area contributed by atoms with E-state index < -0.39 is 25.4 Å². The molecule has 0 aliphatic heterocycles. The van der Waals surface area contributed by atoms with Crippen LogP contribution in [0.3, 0.4) is 0 Å². The Balaban J connectivity index is -0.0000000606. The van der Waals surface area contributed by atoms with E-state index in [1.165, 1.54) is 21.1 Å². The van der Waals surface area contributed by atoms with Gasteiger partial charge in [-0.3, -0.25) is 0 Å². The molecule has 3 N–H and O–H groups in total. The third kappa shape index (κ3) is 53.3. The van der Waals surface area contributed by atoms with E-state index >= 15 is 0 Å². The van der Waals surface area contributed by atoms with E-state index in [1.54, 1.807) is 0 Å². The molecule has 11 heteroatoms. The minimum absolute atomic E-state index is 0. The second kappa shape index (κ2) is 22.5. The van der Waals surface area contributed by atoms with Crippen molar-refractivity contribution in [3.8, 4) is 0 Å². The average molecular weight is 458 g/mol. The summed E-state index contributed by atoms with van der Waals surface area (Å²) in [7, 11) is 3.75. The van der Waals surface area contributed by atoms with Crippen molar-refractivity contribution < 1.29 is 52.5 Å². The molecule has 0 unspecified atom stereocenters. The van der Waals surface area contributed by atoms with Crippen LogP contribution in [0.5, 0.6) is 0 Å². The number of halogens is 6.